The lowest BCUT2D eigenvalue weighted by molar-refractivity contribution is -0.138. The number of hydrogen-bond donors (Lipinski definition) is 5. The van der Waals surface area contributed by atoms with E-state index >= 15 is 0 Å². The second kappa shape index (κ2) is 28.5. The number of aliphatic hydroxyl groups is 4. The van der Waals surface area contributed by atoms with Crippen LogP contribution in [-0.2, 0) is 38.0 Å². The van der Waals surface area contributed by atoms with Gasteiger partial charge in [0, 0.05) is 32.5 Å². The van der Waals surface area contributed by atoms with E-state index in [0.29, 0.717) is 98.5 Å². The van der Waals surface area contributed by atoms with E-state index in [1.807, 2.05) is 6.92 Å². The molecule has 248 valence electrons. The SMILES string of the molecule is BC(CC(=O)O)C(O)C(O)CN(CCOCCOCCOCCOCCOCCOCCC=O)CC(O)C(O)CCC. The number of rotatable bonds is 32. The normalized spacial score (nSPS) is 15.4. The molecule has 0 saturated carbocycles. The lowest BCUT2D eigenvalue weighted by atomic mass is 9.77. The molecule has 0 aliphatic carbocycles. The first kappa shape index (κ1) is 40.8. The van der Waals surface area contributed by atoms with Crippen LogP contribution in [0, 0.1) is 0 Å². The fourth-order valence-corrected chi connectivity index (χ4v) is 3.81. The van der Waals surface area contributed by atoms with Crippen LogP contribution in [0.3, 0.4) is 0 Å². The number of aliphatic hydroxyl groups excluding tert-OH is 4. The van der Waals surface area contributed by atoms with Crippen molar-refractivity contribution in [2.45, 2.75) is 62.8 Å². The maximum Gasteiger partial charge on any atom is 0.302 e. The van der Waals surface area contributed by atoms with Gasteiger partial charge in [-0.2, -0.15) is 0 Å². The average molecular weight is 612 g/mol. The Hall–Kier alpha value is -1.24. The van der Waals surface area contributed by atoms with Crippen molar-refractivity contribution in [2.24, 2.45) is 0 Å². The Balaban J connectivity index is 4.00. The maximum absolute atomic E-state index is 10.9. The molecule has 0 amide bonds. The highest BCUT2D eigenvalue weighted by Gasteiger charge is 2.28. The van der Waals surface area contributed by atoms with Crippen LogP contribution in [0.15, 0.2) is 0 Å². The van der Waals surface area contributed by atoms with Gasteiger partial charge in [0.1, 0.15) is 14.1 Å². The molecule has 42 heavy (non-hydrogen) atoms. The van der Waals surface area contributed by atoms with Gasteiger partial charge in [0.15, 0.2) is 0 Å². The molecular weight excluding hydrogens is 557 g/mol. The fourth-order valence-electron chi connectivity index (χ4n) is 3.81. The number of nitrogens with zero attached hydrogens (tertiary/aromatic N) is 1. The predicted octanol–water partition coefficient (Wildman–Crippen LogP) is -1.88. The molecule has 0 radical (unpaired) electrons. The third-order valence-electron chi connectivity index (χ3n) is 6.18. The number of carbonyl (C=O) groups excluding carboxylic acids is 1. The molecule has 0 fully saturated rings. The van der Waals surface area contributed by atoms with Gasteiger partial charge in [0.2, 0.25) is 0 Å². The largest absolute Gasteiger partial charge is 0.481 e. The summed E-state index contributed by atoms with van der Waals surface area (Å²) in [5.41, 5.74) is 0. The molecule has 5 N–H and O–H groups in total. The number of carboxylic acids is 1. The van der Waals surface area contributed by atoms with Crippen LogP contribution in [0.5, 0.6) is 0 Å². The van der Waals surface area contributed by atoms with Gasteiger partial charge in [-0.15, -0.1) is 0 Å². The van der Waals surface area contributed by atoms with E-state index < -0.39 is 36.2 Å². The standard InChI is InChI=1S/C27H54BNO13/c1-2-4-23(31)24(32)20-29(21-25(33)27(36)22(28)19-26(34)35)5-8-38-10-12-40-14-16-42-18-17-41-15-13-39-11-9-37-7-3-6-30/h6,22-25,27,31-33,36H,2-5,7-21,28H2,1H3,(H,34,35). The molecule has 0 aliphatic heterocycles. The number of hydrogen-bond acceptors (Lipinski definition) is 13. The Morgan fingerprint density at radius 3 is 1.57 bits per heavy atom. The highest BCUT2D eigenvalue weighted by Crippen LogP contribution is 2.16. The van der Waals surface area contributed by atoms with Crippen LogP contribution >= 0.6 is 0 Å². The Morgan fingerprint density at radius 1 is 0.714 bits per heavy atom. The van der Waals surface area contributed by atoms with Gasteiger partial charge in [0.05, 0.1) is 104 Å². The van der Waals surface area contributed by atoms with Gasteiger partial charge in [-0.25, -0.2) is 0 Å². The van der Waals surface area contributed by atoms with Gasteiger partial charge in [-0.05, 0) is 12.2 Å². The Labute approximate surface area is 250 Å². The van der Waals surface area contributed by atoms with Crippen molar-refractivity contribution in [3.8, 4) is 0 Å². The smallest absolute Gasteiger partial charge is 0.302 e. The predicted molar refractivity (Wildman–Crippen MR) is 156 cm³/mol. The Morgan fingerprint density at radius 2 is 1.14 bits per heavy atom. The average Bonchev–Trinajstić information content (AvgIpc) is 2.95. The van der Waals surface area contributed by atoms with Crippen LogP contribution in [0.1, 0.15) is 32.6 Å². The summed E-state index contributed by atoms with van der Waals surface area (Å²) in [7, 11) is 1.55. The number of aldehydes is 1. The summed E-state index contributed by atoms with van der Waals surface area (Å²) in [5, 5.41) is 50.2. The lowest BCUT2D eigenvalue weighted by Gasteiger charge is -2.31. The fraction of sp³-hybridized carbons (Fsp3) is 0.926. The topological polar surface area (TPSA) is 194 Å². The molecule has 0 spiro atoms. The monoisotopic (exact) mass is 611 g/mol. The van der Waals surface area contributed by atoms with Crippen molar-refractivity contribution in [3.05, 3.63) is 0 Å². The molecule has 0 aromatic rings. The van der Waals surface area contributed by atoms with E-state index in [2.05, 4.69) is 0 Å². The summed E-state index contributed by atoms with van der Waals surface area (Å²) >= 11 is 0. The minimum Gasteiger partial charge on any atom is -0.481 e. The highest BCUT2D eigenvalue weighted by atomic mass is 16.6. The number of ether oxygens (including phenoxy) is 6. The number of aliphatic carboxylic acids is 1. The lowest BCUT2D eigenvalue weighted by Crippen LogP contribution is -2.47. The minimum atomic E-state index is -1.25. The van der Waals surface area contributed by atoms with Crippen LogP contribution < -0.4 is 0 Å². The van der Waals surface area contributed by atoms with Gasteiger partial charge in [-0.3, -0.25) is 9.69 Å². The second-order valence-electron chi connectivity index (χ2n) is 9.95. The van der Waals surface area contributed by atoms with E-state index in [4.69, 9.17) is 33.5 Å². The third-order valence-corrected chi connectivity index (χ3v) is 6.18. The van der Waals surface area contributed by atoms with Crippen LogP contribution in [0.2, 0.25) is 5.82 Å². The molecule has 0 bridgehead atoms. The summed E-state index contributed by atoms with van der Waals surface area (Å²) in [5.74, 6) is -1.72. The van der Waals surface area contributed by atoms with Crippen molar-refractivity contribution >= 4 is 20.1 Å². The zero-order valence-corrected chi connectivity index (χ0v) is 25.3. The van der Waals surface area contributed by atoms with Gasteiger partial charge in [0.25, 0.3) is 0 Å². The highest BCUT2D eigenvalue weighted by molar-refractivity contribution is 6.13. The first-order valence-corrected chi connectivity index (χ1v) is 14.8. The van der Waals surface area contributed by atoms with E-state index in [1.165, 1.54) is 0 Å². The molecule has 0 aromatic heterocycles. The van der Waals surface area contributed by atoms with Crippen molar-refractivity contribution in [1.82, 2.24) is 4.90 Å². The zero-order valence-electron chi connectivity index (χ0n) is 25.3. The summed E-state index contributed by atoms with van der Waals surface area (Å²) in [4.78, 5) is 22.8. The molecule has 5 atom stereocenters. The molecule has 0 rings (SSSR count). The summed E-state index contributed by atoms with van der Waals surface area (Å²) < 4.78 is 32.4. The Bertz CT molecular complexity index is 637. The van der Waals surface area contributed by atoms with Crippen molar-refractivity contribution < 1.29 is 63.5 Å². The summed E-state index contributed by atoms with van der Waals surface area (Å²) in [6.45, 7) is 7.06. The molecule has 0 saturated heterocycles. The third kappa shape index (κ3) is 24.2. The molecule has 5 unspecified atom stereocenters. The molecular formula is C27H54BNO13. The van der Waals surface area contributed by atoms with Crippen molar-refractivity contribution in [2.75, 3.05) is 98.9 Å². The van der Waals surface area contributed by atoms with Crippen molar-refractivity contribution in [3.63, 3.8) is 0 Å². The second-order valence-corrected chi connectivity index (χ2v) is 9.95. The molecule has 0 aliphatic rings. The molecule has 14 nitrogen and oxygen atoms in total. The number of carboxylic acid groups (broad SMARTS) is 1. The summed E-state index contributed by atoms with van der Waals surface area (Å²) in [6, 6.07) is 0. The molecule has 0 heterocycles. The first-order chi connectivity index (χ1) is 20.2. The number of carbonyl (C=O) groups is 2. The van der Waals surface area contributed by atoms with Crippen LogP contribution in [0.4, 0.5) is 0 Å². The van der Waals surface area contributed by atoms with Gasteiger partial charge < -0.3 is 58.7 Å². The van der Waals surface area contributed by atoms with Crippen LogP contribution in [-0.4, -0.2) is 174 Å². The van der Waals surface area contributed by atoms with E-state index in [0.717, 1.165) is 6.29 Å². The Kier molecular flexibility index (Phi) is 27.7. The van der Waals surface area contributed by atoms with E-state index in [-0.39, 0.29) is 26.1 Å². The van der Waals surface area contributed by atoms with E-state index in [1.54, 1.807) is 12.7 Å². The molecule has 15 heteroatoms. The zero-order chi connectivity index (χ0) is 31.4. The maximum atomic E-state index is 10.9. The van der Waals surface area contributed by atoms with E-state index in [9.17, 15) is 30.0 Å². The van der Waals surface area contributed by atoms with Gasteiger partial charge >= 0.3 is 5.97 Å². The minimum absolute atomic E-state index is 0.0205. The first-order valence-electron chi connectivity index (χ1n) is 14.8. The molecule has 0 aromatic carbocycles. The quantitative estimate of drug-likeness (QED) is 0.0322. The van der Waals surface area contributed by atoms with Crippen molar-refractivity contribution in [1.29, 1.82) is 0 Å². The van der Waals surface area contributed by atoms with Gasteiger partial charge in [-0.1, -0.05) is 13.3 Å². The van der Waals surface area contributed by atoms with Crippen LogP contribution in [0.25, 0.3) is 0 Å². The summed E-state index contributed by atoms with van der Waals surface area (Å²) in [6.07, 6.45) is -2.40.